The number of imidazole rings is 1. The fraction of sp³-hybridized carbons (Fsp3) is 0.333. The molecule has 0 unspecified atom stereocenters. The molecule has 4 aromatic rings. The molecule has 0 bridgehead atoms. The maximum absolute atomic E-state index is 13.1. The van der Waals surface area contributed by atoms with Crippen molar-refractivity contribution in [2.75, 3.05) is 26.3 Å². The maximum atomic E-state index is 13.1. The Morgan fingerprint density at radius 3 is 2.60 bits per heavy atom. The molecule has 3 heterocycles. The summed E-state index contributed by atoms with van der Waals surface area (Å²) >= 11 is 0. The molecule has 2 aromatic carbocycles. The van der Waals surface area contributed by atoms with Crippen LogP contribution in [0.2, 0.25) is 0 Å². The van der Waals surface area contributed by atoms with E-state index in [1.807, 2.05) is 29.7 Å². The van der Waals surface area contributed by atoms with Gasteiger partial charge in [-0.3, -0.25) is 4.98 Å². The SMILES string of the molecule is CCCn1c(COC(=O)c2cnc3ccccc3n2)nc2cc(S(=O)(=O)N3CCOCC3)ccc21. The standard InChI is InChI=1S/C24H25N5O5S/c1-2-9-29-22-8-7-17(35(31,32)28-10-12-33-13-11-28)14-20(22)27-23(29)16-34-24(30)21-15-25-18-5-3-4-6-19(18)26-21/h3-8,14-15H,2,9-13,16H2,1H3. The van der Waals surface area contributed by atoms with E-state index in [4.69, 9.17) is 9.47 Å². The van der Waals surface area contributed by atoms with Crippen LogP contribution in [0.25, 0.3) is 22.1 Å². The van der Waals surface area contributed by atoms with Gasteiger partial charge in [-0.15, -0.1) is 0 Å². The van der Waals surface area contributed by atoms with Gasteiger partial charge in [0.1, 0.15) is 12.4 Å². The summed E-state index contributed by atoms with van der Waals surface area (Å²) in [5.41, 5.74) is 2.72. The lowest BCUT2D eigenvalue weighted by Crippen LogP contribution is -2.40. The summed E-state index contributed by atoms with van der Waals surface area (Å²) < 4.78 is 40.3. The number of hydrogen-bond donors (Lipinski definition) is 0. The number of morpholine rings is 1. The molecule has 0 atom stereocenters. The molecule has 0 spiro atoms. The van der Waals surface area contributed by atoms with Gasteiger partial charge in [0.15, 0.2) is 5.69 Å². The van der Waals surface area contributed by atoms with Crippen molar-refractivity contribution in [1.82, 2.24) is 23.8 Å². The number of rotatable bonds is 7. The Bertz CT molecular complexity index is 1500. The molecule has 35 heavy (non-hydrogen) atoms. The molecule has 1 aliphatic heterocycles. The summed E-state index contributed by atoms with van der Waals surface area (Å²) in [5, 5.41) is 0. The fourth-order valence-corrected chi connectivity index (χ4v) is 5.53. The van der Waals surface area contributed by atoms with E-state index in [-0.39, 0.29) is 17.2 Å². The summed E-state index contributed by atoms with van der Waals surface area (Å²) in [6, 6.07) is 12.2. The van der Waals surface area contributed by atoms with Gasteiger partial charge < -0.3 is 14.0 Å². The highest BCUT2D eigenvalue weighted by atomic mass is 32.2. The summed E-state index contributed by atoms with van der Waals surface area (Å²) in [6.07, 6.45) is 2.22. The van der Waals surface area contributed by atoms with E-state index in [0.717, 1.165) is 11.9 Å². The number of ether oxygens (including phenoxy) is 2. The molecule has 0 N–H and O–H groups in total. The van der Waals surface area contributed by atoms with Crippen LogP contribution in [0.1, 0.15) is 29.7 Å². The van der Waals surface area contributed by atoms with Gasteiger partial charge in [-0.05, 0) is 36.8 Å². The second-order valence-corrected chi connectivity index (χ2v) is 10.1. The Hall–Kier alpha value is -3.41. The normalized spacial score (nSPS) is 15.0. The van der Waals surface area contributed by atoms with Crippen molar-refractivity contribution in [1.29, 1.82) is 0 Å². The van der Waals surface area contributed by atoms with Crippen molar-refractivity contribution < 1.29 is 22.7 Å². The minimum absolute atomic E-state index is 0.0758. The van der Waals surface area contributed by atoms with Gasteiger partial charge in [0.05, 0.1) is 46.4 Å². The molecule has 182 valence electrons. The highest BCUT2D eigenvalue weighted by molar-refractivity contribution is 7.89. The van der Waals surface area contributed by atoms with E-state index in [1.165, 1.54) is 10.5 Å². The number of benzene rings is 2. The Balaban J connectivity index is 1.40. The van der Waals surface area contributed by atoms with E-state index in [1.54, 1.807) is 24.3 Å². The van der Waals surface area contributed by atoms with Gasteiger partial charge in [0.25, 0.3) is 0 Å². The predicted molar refractivity (Wildman–Crippen MR) is 128 cm³/mol. The van der Waals surface area contributed by atoms with Crippen LogP contribution in [0.4, 0.5) is 0 Å². The summed E-state index contributed by atoms with van der Waals surface area (Å²) in [7, 11) is -3.65. The number of nitrogens with zero attached hydrogens (tertiary/aromatic N) is 5. The first-order valence-corrected chi connectivity index (χ1v) is 12.9. The molecule has 0 radical (unpaired) electrons. The molecule has 0 saturated carbocycles. The summed E-state index contributed by atoms with van der Waals surface area (Å²) in [5.74, 6) is -0.0705. The van der Waals surface area contributed by atoms with E-state index in [9.17, 15) is 13.2 Å². The topological polar surface area (TPSA) is 117 Å². The minimum atomic E-state index is -3.65. The Kier molecular flexibility index (Phi) is 6.46. The molecule has 11 heteroatoms. The number of para-hydroxylation sites is 2. The van der Waals surface area contributed by atoms with E-state index in [0.29, 0.717) is 55.2 Å². The van der Waals surface area contributed by atoms with Crippen molar-refractivity contribution in [2.24, 2.45) is 0 Å². The van der Waals surface area contributed by atoms with E-state index < -0.39 is 16.0 Å². The smallest absolute Gasteiger partial charge is 0.359 e. The first kappa shape index (κ1) is 23.3. The maximum Gasteiger partial charge on any atom is 0.359 e. The van der Waals surface area contributed by atoms with E-state index in [2.05, 4.69) is 15.0 Å². The lowest BCUT2D eigenvalue weighted by Gasteiger charge is -2.26. The number of esters is 1. The third-order valence-electron chi connectivity index (χ3n) is 5.84. The summed E-state index contributed by atoms with van der Waals surface area (Å²) in [4.78, 5) is 26.0. The third-order valence-corrected chi connectivity index (χ3v) is 7.74. The van der Waals surface area contributed by atoms with Crippen molar-refractivity contribution in [2.45, 2.75) is 31.4 Å². The van der Waals surface area contributed by atoms with Gasteiger partial charge in [-0.1, -0.05) is 19.1 Å². The number of hydrogen-bond acceptors (Lipinski definition) is 8. The van der Waals surface area contributed by atoms with Crippen LogP contribution in [0, 0.1) is 0 Å². The van der Waals surface area contributed by atoms with Gasteiger partial charge >= 0.3 is 5.97 Å². The molecule has 2 aromatic heterocycles. The van der Waals surface area contributed by atoms with Crippen LogP contribution in [-0.2, 0) is 32.6 Å². The number of sulfonamides is 1. The fourth-order valence-electron chi connectivity index (χ4n) is 4.10. The highest BCUT2D eigenvalue weighted by Gasteiger charge is 2.27. The summed E-state index contributed by atoms with van der Waals surface area (Å²) in [6.45, 7) is 4.01. The molecule has 10 nitrogen and oxygen atoms in total. The van der Waals surface area contributed by atoms with Crippen molar-refractivity contribution in [3.63, 3.8) is 0 Å². The molecule has 1 aliphatic rings. The average Bonchev–Trinajstić information content (AvgIpc) is 3.24. The van der Waals surface area contributed by atoms with Crippen molar-refractivity contribution in [3.8, 4) is 0 Å². The lowest BCUT2D eigenvalue weighted by molar-refractivity contribution is 0.0451. The Labute approximate surface area is 202 Å². The van der Waals surface area contributed by atoms with Crippen LogP contribution in [0.3, 0.4) is 0 Å². The average molecular weight is 496 g/mol. The monoisotopic (exact) mass is 495 g/mol. The molecule has 5 rings (SSSR count). The zero-order valence-corrected chi connectivity index (χ0v) is 20.1. The molecular weight excluding hydrogens is 470 g/mol. The number of carbonyl (C=O) groups excluding carboxylic acids is 1. The zero-order valence-electron chi connectivity index (χ0n) is 19.3. The van der Waals surface area contributed by atoms with Gasteiger partial charge in [0.2, 0.25) is 10.0 Å². The van der Waals surface area contributed by atoms with Crippen molar-refractivity contribution in [3.05, 3.63) is 60.2 Å². The van der Waals surface area contributed by atoms with E-state index >= 15 is 0 Å². The van der Waals surface area contributed by atoms with Crippen LogP contribution < -0.4 is 0 Å². The quantitative estimate of drug-likeness (QED) is 0.359. The van der Waals surface area contributed by atoms with Crippen LogP contribution in [0.15, 0.2) is 53.6 Å². The molecule has 1 fully saturated rings. The van der Waals surface area contributed by atoms with Gasteiger partial charge in [-0.2, -0.15) is 4.31 Å². The van der Waals surface area contributed by atoms with Gasteiger partial charge in [-0.25, -0.2) is 23.2 Å². The van der Waals surface area contributed by atoms with Crippen LogP contribution in [-0.4, -0.2) is 64.5 Å². The van der Waals surface area contributed by atoms with Crippen molar-refractivity contribution >= 4 is 38.1 Å². The number of aromatic nitrogens is 4. The largest absolute Gasteiger partial charge is 0.453 e. The van der Waals surface area contributed by atoms with Crippen LogP contribution in [0.5, 0.6) is 0 Å². The van der Waals surface area contributed by atoms with Gasteiger partial charge in [0, 0.05) is 19.6 Å². The first-order valence-electron chi connectivity index (χ1n) is 11.4. The zero-order chi connectivity index (χ0) is 24.4. The first-order chi connectivity index (χ1) is 17.0. The lowest BCUT2D eigenvalue weighted by atomic mass is 10.3. The molecule has 1 saturated heterocycles. The molecule has 0 aliphatic carbocycles. The minimum Gasteiger partial charge on any atom is -0.453 e. The Morgan fingerprint density at radius 1 is 1.06 bits per heavy atom. The molecule has 0 amide bonds. The second kappa shape index (κ2) is 9.68. The third kappa shape index (κ3) is 4.62. The molecular formula is C24H25N5O5S. The number of fused-ring (bicyclic) bond motifs is 2. The second-order valence-electron chi connectivity index (χ2n) is 8.17. The Morgan fingerprint density at radius 2 is 1.83 bits per heavy atom. The predicted octanol–water partition coefficient (Wildman–Crippen LogP) is 2.77. The number of aryl methyl sites for hydroxylation is 1. The van der Waals surface area contributed by atoms with Crippen LogP contribution >= 0.6 is 0 Å². The number of carbonyl (C=O) groups is 1. The highest BCUT2D eigenvalue weighted by Crippen LogP contribution is 2.24.